The van der Waals surface area contributed by atoms with Crippen LogP contribution in [-0.2, 0) is 6.42 Å². The fraction of sp³-hybridized carbons (Fsp3) is 0.208. The molecule has 1 saturated heterocycles. The van der Waals surface area contributed by atoms with Crippen molar-refractivity contribution in [1.82, 2.24) is 4.90 Å². The normalized spacial score (nSPS) is 15.9. The number of aryl methyl sites for hydroxylation is 1. The highest BCUT2D eigenvalue weighted by molar-refractivity contribution is 7.99. The van der Waals surface area contributed by atoms with Crippen molar-refractivity contribution in [3.8, 4) is 11.5 Å². The lowest BCUT2D eigenvalue weighted by molar-refractivity contribution is 0.214. The molecule has 0 bridgehead atoms. The second-order valence-corrected chi connectivity index (χ2v) is 8.07. The van der Waals surface area contributed by atoms with Gasteiger partial charge in [0.2, 0.25) is 0 Å². The van der Waals surface area contributed by atoms with Crippen molar-refractivity contribution in [3.63, 3.8) is 0 Å². The Kier molecular flexibility index (Phi) is 6.06. The Hall–Kier alpha value is -2.92. The van der Waals surface area contributed by atoms with E-state index in [2.05, 4.69) is 30.4 Å². The van der Waals surface area contributed by atoms with Crippen LogP contribution in [0.1, 0.15) is 23.4 Å². The third-order valence-electron chi connectivity index (χ3n) is 4.89. The number of anilines is 1. The summed E-state index contributed by atoms with van der Waals surface area (Å²) in [7, 11) is 0. The number of carbonyl (C=O) groups excluding carboxylic acids is 1. The van der Waals surface area contributed by atoms with E-state index in [-0.39, 0.29) is 11.4 Å². The summed E-state index contributed by atoms with van der Waals surface area (Å²) in [4.78, 5) is 14.8. The number of benzene rings is 3. The van der Waals surface area contributed by atoms with Crippen molar-refractivity contribution in [2.45, 2.75) is 18.7 Å². The number of para-hydroxylation sites is 1. The van der Waals surface area contributed by atoms with Crippen molar-refractivity contribution < 1.29 is 9.53 Å². The Morgan fingerprint density at radius 1 is 1.03 bits per heavy atom. The summed E-state index contributed by atoms with van der Waals surface area (Å²) < 4.78 is 5.96. The van der Waals surface area contributed by atoms with Crippen LogP contribution in [0.5, 0.6) is 11.5 Å². The first-order valence-corrected chi connectivity index (χ1v) is 10.9. The number of hydrogen-bond acceptors (Lipinski definition) is 3. The molecule has 0 radical (unpaired) electrons. The van der Waals surface area contributed by atoms with Crippen LogP contribution in [0.25, 0.3) is 0 Å². The molecule has 1 aliphatic heterocycles. The highest BCUT2D eigenvalue weighted by Gasteiger charge is 2.31. The second-order valence-electron chi connectivity index (χ2n) is 6.88. The van der Waals surface area contributed by atoms with Gasteiger partial charge in [-0.05, 0) is 53.9 Å². The summed E-state index contributed by atoms with van der Waals surface area (Å²) in [6, 6.07) is 25.7. The fourth-order valence-electron chi connectivity index (χ4n) is 3.33. The summed E-state index contributed by atoms with van der Waals surface area (Å²) >= 11 is 1.77. The molecular formula is C24H24N2O2S. The predicted octanol–water partition coefficient (Wildman–Crippen LogP) is 6.32. The molecule has 1 heterocycles. The molecule has 0 aromatic heterocycles. The molecule has 29 heavy (non-hydrogen) atoms. The van der Waals surface area contributed by atoms with Crippen molar-refractivity contribution in [2.24, 2.45) is 0 Å². The van der Waals surface area contributed by atoms with Gasteiger partial charge in [0.15, 0.2) is 0 Å². The minimum atomic E-state index is -0.0707. The van der Waals surface area contributed by atoms with E-state index in [0.29, 0.717) is 0 Å². The van der Waals surface area contributed by atoms with E-state index in [4.69, 9.17) is 4.74 Å². The van der Waals surface area contributed by atoms with E-state index in [1.807, 2.05) is 65.6 Å². The van der Waals surface area contributed by atoms with E-state index >= 15 is 0 Å². The molecule has 0 saturated carbocycles. The maximum Gasteiger partial charge on any atom is 0.323 e. The van der Waals surface area contributed by atoms with Crippen LogP contribution in [0.15, 0.2) is 78.9 Å². The number of nitrogens with one attached hydrogen (secondary N) is 1. The molecule has 148 valence electrons. The van der Waals surface area contributed by atoms with Crippen LogP contribution >= 0.6 is 11.8 Å². The Bertz CT molecular complexity index is 960. The number of nitrogens with zero attached hydrogens (tertiary/aromatic N) is 1. The van der Waals surface area contributed by atoms with Crippen LogP contribution in [-0.4, -0.2) is 23.2 Å². The first kappa shape index (κ1) is 19.4. The highest BCUT2D eigenvalue weighted by Crippen LogP contribution is 2.39. The van der Waals surface area contributed by atoms with Crippen LogP contribution in [0.3, 0.4) is 0 Å². The van der Waals surface area contributed by atoms with Gasteiger partial charge >= 0.3 is 6.03 Å². The number of hydrogen-bond donors (Lipinski definition) is 1. The average Bonchev–Trinajstić information content (AvgIpc) is 3.25. The van der Waals surface area contributed by atoms with Gasteiger partial charge in [-0.1, -0.05) is 49.4 Å². The van der Waals surface area contributed by atoms with Gasteiger partial charge in [-0.15, -0.1) is 11.8 Å². The monoisotopic (exact) mass is 404 g/mol. The minimum absolute atomic E-state index is 0.0239. The van der Waals surface area contributed by atoms with Crippen LogP contribution in [0.4, 0.5) is 10.5 Å². The van der Waals surface area contributed by atoms with Gasteiger partial charge in [0, 0.05) is 18.0 Å². The Labute approximate surface area is 175 Å². The third kappa shape index (κ3) is 4.74. The lowest BCUT2D eigenvalue weighted by Crippen LogP contribution is -2.34. The Morgan fingerprint density at radius 2 is 1.79 bits per heavy atom. The van der Waals surface area contributed by atoms with Crippen molar-refractivity contribution in [3.05, 3.63) is 90.0 Å². The number of thioether (sulfide) groups is 1. The van der Waals surface area contributed by atoms with E-state index in [1.165, 1.54) is 5.56 Å². The molecule has 1 atom stereocenters. The fourth-order valence-corrected chi connectivity index (χ4v) is 4.57. The molecule has 2 amide bonds. The standard InChI is InChI=1S/C24H24N2O2S/c1-2-18-11-13-20(14-12-18)25-24(27)26-15-16-29-23(26)19-7-6-10-22(17-19)28-21-8-4-3-5-9-21/h3-14,17,23H,2,15-16H2,1H3,(H,25,27)/t23-/m1/s1. The zero-order valence-electron chi connectivity index (χ0n) is 16.4. The number of rotatable bonds is 5. The zero-order chi connectivity index (χ0) is 20.1. The lowest BCUT2D eigenvalue weighted by atomic mass is 10.1. The molecule has 1 aliphatic rings. The largest absolute Gasteiger partial charge is 0.457 e. The maximum atomic E-state index is 12.9. The van der Waals surface area contributed by atoms with Gasteiger partial charge in [-0.2, -0.15) is 0 Å². The van der Waals surface area contributed by atoms with Gasteiger partial charge in [0.05, 0.1) is 0 Å². The lowest BCUT2D eigenvalue weighted by Gasteiger charge is -2.25. The molecule has 4 rings (SSSR count). The summed E-state index contributed by atoms with van der Waals surface area (Å²) in [5.41, 5.74) is 3.15. The van der Waals surface area contributed by atoms with Crippen LogP contribution < -0.4 is 10.1 Å². The van der Waals surface area contributed by atoms with Gasteiger partial charge in [0.25, 0.3) is 0 Å². The number of urea groups is 1. The van der Waals surface area contributed by atoms with Crippen molar-refractivity contribution >= 4 is 23.5 Å². The predicted molar refractivity (Wildman–Crippen MR) is 120 cm³/mol. The topological polar surface area (TPSA) is 41.6 Å². The summed E-state index contributed by atoms with van der Waals surface area (Å²) in [6.45, 7) is 2.84. The molecule has 5 heteroatoms. The molecule has 0 spiro atoms. The van der Waals surface area contributed by atoms with E-state index in [9.17, 15) is 4.79 Å². The number of amides is 2. The van der Waals surface area contributed by atoms with E-state index < -0.39 is 0 Å². The van der Waals surface area contributed by atoms with E-state index in [0.717, 1.165) is 41.5 Å². The summed E-state index contributed by atoms with van der Waals surface area (Å²) in [6.07, 6.45) is 0.987. The zero-order valence-corrected chi connectivity index (χ0v) is 17.2. The van der Waals surface area contributed by atoms with Crippen LogP contribution in [0, 0.1) is 0 Å². The molecule has 3 aromatic rings. The van der Waals surface area contributed by atoms with Gasteiger partial charge in [-0.25, -0.2) is 4.79 Å². The smallest absolute Gasteiger partial charge is 0.323 e. The molecule has 1 N–H and O–H groups in total. The highest BCUT2D eigenvalue weighted by atomic mass is 32.2. The first-order chi connectivity index (χ1) is 14.2. The van der Waals surface area contributed by atoms with Crippen LogP contribution in [0.2, 0.25) is 0 Å². The molecule has 0 unspecified atom stereocenters. The maximum absolute atomic E-state index is 12.9. The van der Waals surface area contributed by atoms with Crippen molar-refractivity contribution in [1.29, 1.82) is 0 Å². The average molecular weight is 405 g/mol. The quantitative estimate of drug-likeness (QED) is 0.541. The second kappa shape index (κ2) is 9.05. The Morgan fingerprint density at radius 3 is 2.55 bits per heavy atom. The third-order valence-corrected chi connectivity index (χ3v) is 6.15. The summed E-state index contributed by atoms with van der Waals surface area (Å²) in [5.74, 6) is 2.49. The molecule has 0 aliphatic carbocycles. The van der Waals surface area contributed by atoms with E-state index in [1.54, 1.807) is 11.8 Å². The SMILES string of the molecule is CCc1ccc(NC(=O)N2CCS[C@@H]2c2cccc(Oc3ccccc3)c2)cc1. The summed E-state index contributed by atoms with van der Waals surface area (Å²) in [5, 5.41) is 3.01. The number of carbonyl (C=O) groups is 1. The van der Waals surface area contributed by atoms with Crippen molar-refractivity contribution in [2.75, 3.05) is 17.6 Å². The molecule has 3 aromatic carbocycles. The van der Waals surface area contributed by atoms with Gasteiger partial charge in [0.1, 0.15) is 16.9 Å². The molecule has 1 fully saturated rings. The Balaban J connectivity index is 1.47. The van der Waals surface area contributed by atoms with Gasteiger partial charge < -0.3 is 15.0 Å². The minimum Gasteiger partial charge on any atom is -0.457 e. The molecule has 4 nitrogen and oxygen atoms in total. The molecular weight excluding hydrogens is 380 g/mol. The number of ether oxygens (including phenoxy) is 1. The first-order valence-electron chi connectivity index (χ1n) is 9.84. The van der Waals surface area contributed by atoms with Gasteiger partial charge in [-0.3, -0.25) is 0 Å².